The Kier molecular flexibility index (Phi) is 3.91. The van der Waals surface area contributed by atoms with Gasteiger partial charge >= 0.3 is 6.36 Å². The Bertz CT molecular complexity index is 618. The minimum atomic E-state index is -4.87. The Morgan fingerprint density at radius 1 is 0.952 bits per heavy atom. The first-order valence-electron chi connectivity index (χ1n) is 6.04. The zero-order valence-corrected chi connectivity index (χ0v) is 11.0. The van der Waals surface area contributed by atoms with Crippen LogP contribution in [0.4, 0.5) is 17.6 Å². The predicted octanol–water partition coefficient (Wildman–Crippen LogP) is 3.98. The molecule has 2 rings (SSSR count). The first-order valence-corrected chi connectivity index (χ1v) is 6.04. The van der Waals surface area contributed by atoms with E-state index in [1.165, 1.54) is 37.3 Å². The van der Waals surface area contributed by atoms with Gasteiger partial charge in [-0.05, 0) is 30.7 Å². The SMILES string of the molecule is CC(O)(c1ccc(F)cc1)c1ccccc1OC(F)(F)F. The van der Waals surface area contributed by atoms with Gasteiger partial charge in [0.05, 0.1) is 0 Å². The summed E-state index contributed by atoms with van der Waals surface area (Å²) in [5.74, 6) is -1.01. The van der Waals surface area contributed by atoms with Gasteiger partial charge in [-0.2, -0.15) is 0 Å². The number of para-hydroxylation sites is 1. The van der Waals surface area contributed by atoms with Crippen LogP contribution < -0.4 is 4.74 Å². The molecule has 21 heavy (non-hydrogen) atoms. The molecule has 0 aliphatic rings. The summed E-state index contributed by atoms with van der Waals surface area (Å²) in [5.41, 5.74) is -1.56. The van der Waals surface area contributed by atoms with Crippen LogP contribution >= 0.6 is 0 Å². The lowest BCUT2D eigenvalue weighted by atomic mass is 9.87. The zero-order chi connectivity index (χ0) is 15.7. The Morgan fingerprint density at radius 2 is 1.52 bits per heavy atom. The second-order valence-corrected chi connectivity index (χ2v) is 4.62. The van der Waals surface area contributed by atoms with Gasteiger partial charge in [0.15, 0.2) is 0 Å². The number of hydrogen-bond donors (Lipinski definition) is 1. The van der Waals surface area contributed by atoms with Crippen LogP contribution in [0.5, 0.6) is 5.75 Å². The summed E-state index contributed by atoms with van der Waals surface area (Å²) in [7, 11) is 0. The fourth-order valence-corrected chi connectivity index (χ4v) is 2.01. The van der Waals surface area contributed by atoms with Crippen molar-refractivity contribution in [2.75, 3.05) is 0 Å². The van der Waals surface area contributed by atoms with Gasteiger partial charge in [-0.15, -0.1) is 13.2 Å². The number of ether oxygens (including phenoxy) is 1. The van der Waals surface area contributed by atoms with Crippen molar-refractivity contribution in [2.24, 2.45) is 0 Å². The summed E-state index contributed by atoms with van der Waals surface area (Å²) < 4.78 is 54.1. The lowest BCUT2D eigenvalue weighted by molar-refractivity contribution is -0.275. The molecular weight excluding hydrogens is 288 g/mol. The maximum atomic E-state index is 12.9. The molecule has 0 amide bonds. The Hall–Kier alpha value is -2.08. The van der Waals surface area contributed by atoms with Gasteiger partial charge in [0.25, 0.3) is 0 Å². The summed E-state index contributed by atoms with van der Waals surface area (Å²) in [6, 6.07) is 10.1. The molecule has 1 unspecified atom stereocenters. The molecule has 0 saturated heterocycles. The number of halogens is 4. The Balaban J connectivity index is 2.47. The molecule has 0 fully saturated rings. The van der Waals surface area contributed by atoms with Gasteiger partial charge in [0.2, 0.25) is 0 Å². The van der Waals surface area contributed by atoms with Crippen LogP contribution in [0.2, 0.25) is 0 Å². The first kappa shape index (κ1) is 15.3. The standard InChI is InChI=1S/C15H12F4O2/c1-14(20,10-6-8-11(16)9-7-10)12-4-2-3-5-13(12)21-15(17,18)19/h2-9,20H,1H3. The number of aliphatic hydroxyl groups is 1. The molecule has 0 saturated carbocycles. The molecule has 0 spiro atoms. The third kappa shape index (κ3) is 3.52. The maximum absolute atomic E-state index is 12.9. The van der Waals surface area contributed by atoms with Gasteiger partial charge < -0.3 is 9.84 Å². The zero-order valence-electron chi connectivity index (χ0n) is 11.0. The molecule has 1 atom stereocenters. The molecule has 1 N–H and O–H groups in total. The van der Waals surface area contributed by atoms with Crippen LogP contribution in [-0.2, 0) is 5.60 Å². The van der Waals surface area contributed by atoms with Gasteiger partial charge in [0, 0.05) is 5.56 Å². The second kappa shape index (κ2) is 5.37. The summed E-state index contributed by atoms with van der Waals surface area (Å²) in [4.78, 5) is 0. The molecule has 2 aromatic carbocycles. The molecule has 2 aromatic rings. The van der Waals surface area contributed by atoms with Crippen molar-refractivity contribution in [1.29, 1.82) is 0 Å². The highest BCUT2D eigenvalue weighted by atomic mass is 19.4. The van der Waals surface area contributed by atoms with Crippen LogP contribution in [-0.4, -0.2) is 11.5 Å². The molecular formula is C15H12F4O2. The van der Waals surface area contributed by atoms with E-state index in [4.69, 9.17) is 0 Å². The normalized spacial score (nSPS) is 14.6. The highest BCUT2D eigenvalue weighted by molar-refractivity contribution is 5.44. The van der Waals surface area contributed by atoms with Crippen molar-refractivity contribution < 1.29 is 27.4 Å². The molecule has 0 aliphatic heterocycles. The molecule has 0 aromatic heterocycles. The minimum Gasteiger partial charge on any atom is -0.405 e. The summed E-state index contributed by atoms with van der Waals surface area (Å²) in [5, 5.41) is 10.6. The quantitative estimate of drug-likeness (QED) is 0.869. The number of benzene rings is 2. The maximum Gasteiger partial charge on any atom is 0.573 e. The van der Waals surface area contributed by atoms with Crippen LogP contribution in [0.25, 0.3) is 0 Å². The van der Waals surface area contributed by atoms with E-state index in [9.17, 15) is 22.7 Å². The molecule has 2 nitrogen and oxygen atoms in total. The topological polar surface area (TPSA) is 29.5 Å². The fourth-order valence-electron chi connectivity index (χ4n) is 2.01. The van der Waals surface area contributed by atoms with Crippen molar-refractivity contribution in [3.05, 3.63) is 65.5 Å². The van der Waals surface area contributed by atoms with Crippen molar-refractivity contribution in [3.63, 3.8) is 0 Å². The second-order valence-electron chi connectivity index (χ2n) is 4.62. The van der Waals surface area contributed by atoms with Crippen LogP contribution in [0.3, 0.4) is 0 Å². The van der Waals surface area contributed by atoms with E-state index in [2.05, 4.69) is 4.74 Å². The van der Waals surface area contributed by atoms with E-state index < -0.39 is 23.5 Å². The van der Waals surface area contributed by atoms with E-state index in [-0.39, 0.29) is 11.1 Å². The molecule has 0 aliphatic carbocycles. The van der Waals surface area contributed by atoms with Crippen molar-refractivity contribution in [3.8, 4) is 5.75 Å². The molecule has 0 heterocycles. The van der Waals surface area contributed by atoms with Gasteiger partial charge in [-0.25, -0.2) is 4.39 Å². The third-order valence-corrected chi connectivity index (χ3v) is 3.04. The minimum absolute atomic E-state index is 0.0612. The number of alkyl halides is 3. The summed E-state index contributed by atoms with van der Waals surface area (Å²) in [6.07, 6.45) is -4.87. The largest absolute Gasteiger partial charge is 0.573 e. The van der Waals surface area contributed by atoms with Crippen LogP contribution in [0.15, 0.2) is 48.5 Å². The van der Waals surface area contributed by atoms with Gasteiger partial charge in [-0.1, -0.05) is 30.3 Å². The average Bonchev–Trinajstić information content (AvgIpc) is 2.37. The smallest absolute Gasteiger partial charge is 0.405 e. The Labute approximate surface area is 118 Å². The molecule has 112 valence electrons. The number of hydrogen-bond acceptors (Lipinski definition) is 2. The lowest BCUT2D eigenvalue weighted by Gasteiger charge is -2.27. The number of rotatable bonds is 3. The molecule has 0 bridgehead atoms. The molecule has 6 heteroatoms. The first-order chi connectivity index (χ1) is 9.70. The van der Waals surface area contributed by atoms with Crippen molar-refractivity contribution in [2.45, 2.75) is 18.9 Å². The predicted molar refractivity (Wildman–Crippen MR) is 68.2 cm³/mol. The Morgan fingerprint density at radius 3 is 2.10 bits per heavy atom. The average molecular weight is 300 g/mol. The van der Waals surface area contributed by atoms with E-state index >= 15 is 0 Å². The highest BCUT2D eigenvalue weighted by Gasteiger charge is 2.36. The van der Waals surface area contributed by atoms with E-state index in [1.807, 2.05) is 0 Å². The van der Waals surface area contributed by atoms with Crippen LogP contribution in [0.1, 0.15) is 18.1 Å². The van der Waals surface area contributed by atoms with E-state index in [0.717, 1.165) is 18.2 Å². The van der Waals surface area contributed by atoms with Gasteiger partial charge in [0.1, 0.15) is 17.2 Å². The van der Waals surface area contributed by atoms with Crippen LogP contribution in [0, 0.1) is 5.82 Å². The fraction of sp³-hybridized carbons (Fsp3) is 0.200. The van der Waals surface area contributed by atoms with Crippen molar-refractivity contribution >= 4 is 0 Å². The van der Waals surface area contributed by atoms with Gasteiger partial charge in [-0.3, -0.25) is 0 Å². The molecule has 0 radical (unpaired) electrons. The monoisotopic (exact) mass is 300 g/mol. The van der Waals surface area contributed by atoms with E-state index in [0.29, 0.717) is 0 Å². The van der Waals surface area contributed by atoms with Crippen molar-refractivity contribution in [1.82, 2.24) is 0 Å². The summed E-state index contributed by atoms with van der Waals surface area (Å²) in [6.45, 7) is 1.32. The lowest BCUT2D eigenvalue weighted by Crippen LogP contribution is -2.26. The van der Waals surface area contributed by atoms with E-state index in [1.54, 1.807) is 0 Å². The summed E-state index contributed by atoms with van der Waals surface area (Å²) >= 11 is 0. The highest BCUT2D eigenvalue weighted by Crippen LogP contribution is 2.37. The third-order valence-electron chi connectivity index (χ3n) is 3.04.